The summed E-state index contributed by atoms with van der Waals surface area (Å²) in [5.41, 5.74) is 5.55. The molecule has 0 unspecified atom stereocenters. The van der Waals surface area contributed by atoms with Crippen LogP contribution in [0.5, 0.6) is 0 Å². The van der Waals surface area contributed by atoms with E-state index in [1.165, 1.54) is 4.90 Å². The minimum absolute atomic E-state index is 0.0303. The SMILES string of the molecule is C[C@@H](O)[C@H]1C(=O)N2C(C(=O)O)=C(S[C@H]3C[C@H](N4CCC(NC(=N)N)CC4)C3)[C@H](C)[C@H]12. The number of nitrogens with zero attached hydrogens (tertiary/aromatic N) is 2. The summed E-state index contributed by atoms with van der Waals surface area (Å²) in [6, 6.07) is 0.542. The predicted octanol–water partition coefficient (Wildman–Crippen LogP) is 0.352. The minimum atomic E-state index is -1.06. The smallest absolute Gasteiger partial charge is 0.353 e. The molecule has 3 aliphatic heterocycles. The number of β-lactam (4-membered cyclic amide) rings is 1. The zero-order valence-electron chi connectivity index (χ0n) is 17.4. The Morgan fingerprint density at radius 3 is 2.50 bits per heavy atom. The summed E-state index contributed by atoms with van der Waals surface area (Å²) in [5, 5.41) is 30.4. The van der Waals surface area contributed by atoms with Gasteiger partial charge in [-0.15, -0.1) is 11.8 Å². The molecule has 6 N–H and O–H groups in total. The van der Waals surface area contributed by atoms with Gasteiger partial charge in [-0.1, -0.05) is 6.92 Å². The zero-order chi connectivity index (χ0) is 21.7. The number of aliphatic hydroxyl groups excluding tert-OH is 1. The molecule has 1 saturated carbocycles. The fourth-order valence-corrected chi connectivity index (χ4v) is 7.07. The normalized spacial score (nSPS) is 35.5. The lowest BCUT2D eigenvalue weighted by Gasteiger charge is -2.46. The van der Waals surface area contributed by atoms with Gasteiger partial charge in [-0.25, -0.2) is 4.79 Å². The number of carbonyl (C=O) groups is 2. The number of amides is 1. The fraction of sp³-hybridized carbons (Fsp3) is 0.750. The van der Waals surface area contributed by atoms with Gasteiger partial charge in [0.25, 0.3) is 0 Å². The molecule has 0 aromatic heterocycles. The summed E-state index contributed by atoms with van der Waals surface area (Å²) in [4.78, 5) is 29.0. The zero-order valence-corrected chi connectivity index (χ0v) is 18.2. The standard InChI is InChI=1S/C20H31N5O4S/c1-9-15-14(10(2)26)18(27)25(15)16(19(28)29)17(9)30-13-7-12(8-13)24-5-3-11(4-6-24)23-20(21)22/h9-15,26H,3-8H2,1-2H3,(H,28,29)(H4,21,22,23)/t9-,10-,12-,13-,14-,15-/m1/s1. The fourth-order valence-electron chi connectivity index (χ4n) is 5.42. The van der Waals surface area contributed by atoms with Crippen molar-refractivity contribution in [1.29, 1.82) is 5.41 Å². The molecule has 10 heteroatoms. The highest BCUT2D eigenvalue weighted by atomic mass is 32.2. The monoisotopic (exact) mass is 437 g/mol. The largest absolute Gasteiger partial charge is 0.477 e. The molecule has 3 fully saturated rings. The van der Waals surface area contributed by atoms with Crippen LogP contribution in [-0.2, 0) is 9.59 Å². The van der Waals surface area contributed by atoms with Gasteiger partial charge in [0, 0.05) is 41.2 Å². The summed E-state index contributed by atoms with van der Waals surface area (Å²) in [6.45, 7) is 5.53. The Balaban J connectivity index is 1.34. The third-order valence-corrected chi connectivity index (χ3v) is 8.62. The van der Waals surface area contributed by atoms with E-state index < -0.39 is 18.0 Å². The van der Waals surface area contributed by atoms with Gasteiger partial charge >= 0.3 is 5.97 Å². The van der Waals surface area contributed by atoms with Crippen molar-refractivity contribution in [2.24, 2.45) is 17.6 Å². The Hall–Kier alpha value is -1.78. The van der Waals surface area contributed by atoms with Crippen molar-refractivity contribution < 1.29 is 19.8 Å². The number of carbonyl (C=O) groups excluding carboxylic acids is 1. The van der Waals surface area contributed by atoms with Crippen LogP contribution in [0.1, 0.15) is 39.5 Å². The summed E-state index contributed by atoms with van der Waals surface area (Å²) < 4.78 is 0. The van der Waals surface area contributed by atoms with Crippen LogP contribution in [0.3, 0.4) is 0 Å². The number of hydrogen-bond acceptors (Lipinski definition) is 6. The molecule has 2 saturated heterocycles. The molecule has 30 heavy (non-hydrogen) atoms. The summed E-state index contributed by atoms with van der Waals surface area (Å²) in [5.74, 6) is -1.87. The van der Waals surface area contributed by atoms with Crippen molar-refractivity contribution in [2.45, 2.75) is 69.0 Å². The number of aliphatic hydroxyl groups is 1. The van der Waals surface area contributed by atoms with E-state index in [9.17, 15) is 19.8 Å². The van der Waals surface area contributed by atoms with Crippen molar-refractivity contribution >= 4 is 29.6 Å². The molecule has 0 bridgehead atoms. The van der Waals surface area contributed by atoms with Gasteiger partial charge in [-0.3, -0.25) is 10.2 Å². The van der Waals surface area contributed by atoms with Gasteiger partial charge in [0.1, 0.15) is 5.70 Å². The van der Waals surface area contributed by atoms with Crippen LogP contribution < -0.4 is 11.1 Å². The molecule has 0 aromatic rings. The molecular weight excluding hydrogens is 406 g/mol. The van der Waals surface area contributed by atoms with Crippen molar-refractivity contribution in [1.82, 2.24) is 15.1 Å². The van der Waals surface area contributed by atoms with Gasteiger partial charge in [-0.2, -0.15) is 0 Å². The Morgan fingerprint density at radius 1 is 1.33 bits per heavy atom. The van der Waals surface area contributed by atoms with Crippen molar-refractivity contribution in [2.75, 3.05) is 13.1 Å². The molecule has 0 spiro atoms. The van der Waals surface area contributed by atoms with E-state index >= 15 is 0 Å². The first-order valence-corrected chi connectivity index (χ1v) is 11.6. The van der Waals surface area contributed by atoms with Crippen LogP contribution in [0.15, 0.2) is 10.6 Å². The molecule has 9 nitrogen and oxygen atoms in total. The van der Waals surface area contributed by atoms with E-state index in [0.29, 0.717) is 11.3 Å². The molecule has 166 valence electrons. The molecule has 1 aliphatic carbocycles. The number of rotatable bonds is 6. The van der Waals surface area contributed by atoms with E-state index in [1.807, 2.05) is 6.92 Å². The molecule has 0 aromatic carbocycles. The molecule has 4 rings (SSSR count). The number of aliphatic carboxylic acids is 1. The van der Waals surface area contributed by atoms with Crippen LogP contribution in [0.4, 0.5) is 0 Å². The van der Waals surface area contributed by atoms with E-state index in [-0.39, 0.29) is 35.6 Å². The van der Waals surface area contributed by atoms with Gasteiger partial charge in [-0.05, 0) is 32.6 Å². The van der Waals surface area contributed by atoms with Gasteiger partial charge < -0.3 is 31.1 Å². The van der Waals surface area contributed by atoms with Crippen LogP contribution in [0, 0.1) is 17.2 Å². The second kappa shape index (κ2) is 8.05. The van der Waals surface area contributed by atoms with Crippen LogP contribution in [0.25, 0.3) is 0 Å². The highest BCUT2D eigenvalue weighted by Gasteiger charge is 2.60. The maximum absolute atomic E-state index is 12.4. The summed E-state index contributed by atoms with van der Waals surface area (Å²) in [7, 11) is 0. The minimum Gasteiger partial charge on any atom is -0.477 e. The quantitative estimate of drug-likeness (QED) is 0.228. The number of guanidine groups is 1. The second-order valence-corrected chi connectivity index (χ2v) is 10.3. The Morgan fingerprint density at radius 2 is 1.97 bits per heavy atom. The maximum atomic E-state index is 12.4. The van der Waals surface area contributed by atoms with E-state index in [1.54, 1.807) is 18.7 Å². The van der Waals surface area contributed by atoms with Crippen LogP contribution in [0.2, 0.25) is 0 Å². The Kier molecular flexibility index (Phi) is 5.75. The summed E-state index contributed by atoms with van der Waals surface area (Å²) >= 11 is 1.62. The third-order valence-electron chi connectivity index (χ3n) is 7.08. The number of piperidine rings is 1. The number of hydrogen-bond donors (Lipinski definition) is 5. The number of likely N-dealkylation sites (tertiary alicyclic amines) is 1. The molecule has 3 heterocycles. The molecule has 0 radical (unpaired) electrons. The number of carboxylic acids is 1. The van der Waals surface area contributed by atoms with E-state index in [4.69, 9.17) is 11.1 Å². The molecule has 4 aliphatic rings. The van der Waals surface area contributed by atoms with Crippen LogP contribution >= 0.6 is 11.8 Å². The third kappa shape index (κ3) is 3.58. The Bertz CT molecular complexity index is 773. The lowest BCUT2D eigenvalue weighted by Crippen LogP contribution is -2.63. The van der Waals surface area contributed by atoms with Crippen molar-refractivity contribution in [3.63, 3.8) is 0 Å². The highest BCUT2D eigenvalue weighted by molar-refractivity contribution is 8.03. The van der Waals surface area contributed by atoms with Crippen molar-refractivity contribution in [3.05, 3.63) is 10.6 Å². The molecule has 4 atom stereocenters. The predicted molar refractivity (Wildman–Crippen MR) is 114 cm³/mol. The lowest BCUT2D eigenvalue weighted by molar-refractivity contribution is -0.163. The van der Waals surface area contributed by atoms with Crippen molar-refractivity contribution in [3.8, 4) is 0 Å². The molecular formula is C20H31N5O4S. The van der Waals surface area contributed by atoms with Gasteiger partial charge in [0.15, 0.2) is 5.96 Å². The first-order valence-electron chi connectivity index (χ1n) is 10.7. The number of nitrogens with one attached hydrogen (secondary N) is 2. The topological polar surface area (TPSA) is 143 Å². The Labute approximate surface area is 180 Å². The maximum Gasteiger partial charge on any atom is 0.353 e. The van der Waals surface area contributed by atoms with Crippen LogP contribution in [-0.4, -0.2) is 80.4 Å². The number of fused-ring (bicyclic) bond motifs is 1. The van der Waals surface area contributed by atoms with Gasteiger partial charge in [0.05, 0.1) is 18.1 Å². The highest BCUT2D eigenvalue weighted by Crippen LogP contribution is 2.53. The molecule has 1 amide bonds. The number of thioether (sulfide) groups is 1. The average molecular weight is 438 g/mol. The number of nitrogens with two attached hydrogens (primary N) is 1. The summed E-state index contributed by atoms with van der Waals surface area (Å²) in [6.07, 6.45) is 3.19. The van der Waals surface area contributed by atoms with E-state index in [2.05, 4.69) is 10.2 Å². The number of carboxylic acid groups (broad SMARTS) is 1. The first-order chi connectivity index (χ1) is 14.2. The lowest BCUT2D eigenvalue weighted by atomic mass is 9.79. The average Bonchev–Trinajstić information content (AvgIpc) is 2.87. The van der Waals surface area contributed by atoms with E-state index in [0.717, 1.165) is 43.7 Å². The second-order valence-electron chi connectivity index (χ2n) is 9.01. The first kappa shape index (κ1) is 21.5. The van der Waals surface area contributed by atoms with Gasteiger partial charge in [0.2, 0.25) is 5.91 Å².